The average Bonchev–Trinajstić information content (AvgIpc) is 2.94. The van der Waals surface area contributed by atoms with E-state index in [2.05, 4.69) is 29.5 Å². The largest absolute Gasteiger partial charge is 0.388 e. The Hall–Kier alpha value is -0.0800. The molecule has 2 aliphatic rings. The lowest BCUT2D eigenvalue weighted by Crippen LogP contribution is -2.68. The first-order valence-electron chi connectivity index (χ1n) is 8.19. The van der Waals surface area contributed by atoms with Crippen molar-refractivity contribution in [3.05, 3.63) is 0 Å². The van der Waals surface area contributed by atoms with Gasteiger partial charge in [0.15, 0.2) is 5.96 Å². The monoisotopic (exact) mass is 425 g/mol. The van der Waals surface area contributed by atoms with Crippen LogP contribution in [0.5, 0.6) is 0 Å². The van der Waals surface area contributed by atoms with Crippen LogP contribution in [-0.2, 0) is 4.74 Å². The van der Waals surface area contributed by atoms with Crippen molar-refractivity contribution < 1.29 is 9.84 Å². The van der Waals surface area contributed by atoms with Crippen LogP contribution >= 0.6 is 24.0 Å². The zero-order chi connectivity index (χ0) is 15.7. The third-order valence-electron chi connectivity index (χ3n) is 5.52. The molecule has 0 aromatic carbocycles. The minimum atomic E-state index is -0.661. The van der Waals surface area contributed by atoms with E-state index in [9.17, 15) is 5.11 Å². The Morgan fingerprint density at radius 1 is 1.36 bits per heavy atom. The fraction of sp³-hybridized carbons (Fsp3) is 0.938. The quantitative estimate of drug-likeness (QED) is 0.359. The van der Waals surface area contributed by atoms with Gasteiger partial charge in [0.1, 0.15) is 0 Å². The summed E-state index contributed by atoms with van der Waals surface area (Å²) in [7, 11) is 1.78. The van der Waals surface area contributed by atoms with E-state index < -0.39 is 5.60 Å². The second-order valence-electron chi connectivity index (χ2n) is 7.04. The molecule has 1 aliphatic heterocycles. The first-order valence-corrected chi connectivity index (χ1v) is 8.19. The number of hydrogen-bond donors (Lipinski definition) is 3. The molecule has 3 unspecified atom stereocenters. The number of rotatable bonds is 5. The minimum absolute atomic E-state index is 0. The van der Waals surface area contributed by atoms with Gasteiger partial charge in [0.25, 0.3) is 0 Å². The van der Waals surface area contributed by atoms with E-state index in [1.807, 2.05) is 13.8 Å². The molecule has 0 aromatic heterocycles. The fourth-order valence-electron chi connectivity index (χ4n) is 3.71. The highest BCUT2D eigenvalue weighted by molar-refractivity contribution is 14.0. The van der Waals surface area contributed by atoms with Crippen LogP contribution in [0.1, 0.15) is 47.0 Å². The van der Waals surface area contributed by atoms with E-state index >= 15 is 0 Å². The van der Waals surface area contributed by atoms with Gasteiger partial charge in [-0.25, -0.2) is 0 Å². The third kappa shape index (κ3) is 3.70. The van der Waals surface area contributed by atoms with E-state index in [4.69, 9.17) is 4.74 Å². The maximum absolute atomic E-state index is 10.4. The number of hydrogen-bond acceptors (Lipinski definition) is 3. The molecule has 130 valence electrons. The van der Waals surface area contributed by atoms with Gasteiger partial charge in [-0.2, -0.15) is 0 Å². The van der Waals surface area contributed by atoms with Gasteiger partial charge < -0.3 is 20.5 Å². The summed E-state index contributed by atoms with van der Waals surface area (Å²) in [5.41, 5.74) is -0.531. The van der Waals surface area contributed by atoms with Crippen molar-refractivity contribution in [1.29, 1.82) is 0 Å². The standard InChI is InChI=1S/C16H31N3O2.HI/c1-6-16(20,7-2)10-18-14(17-5)19-12-11-8-9-21-13(11)15(12,3)4;/h11-13,20H,6-10H2,1-5H3,(H2,17,18,19);1H. The lowest BCUT2D eigenvalue weighted by Gasteiger charge is -2.55. The van der Waals surface area contributed by atoms with Gasteiger partial charge in [0.05, 0.1) is 11.7 Å². The fourth-order valence-corrected chi connectivity index (χ4v) is 3.71. The van der Waals surface area contributed by atoms with Gasteiger partial charge >= 0.3 is 0 Å². The number of aliphatic imine (C=N–C) groups is 1. The second-order valence-corrected chi connectivity index (χ2v) is 7.04. The molecule has 2 fully saturated rings. The van der Waals surface area contributed by atoms with Crippen LogP contribution in [0.15, 0.2) is 4.99 Å². The number of guanidine groups is 1. The summed E-state index contributed by atoms with van der Waals surface area (Å²) < 4.78 is 5.82. The van der Waals surface area contributed by atoms with Crippen LogP contribution in [0, 0.1) is 11.3 Å². The topological polar surface area (TPSA) is 65.9 Å². The van der Waals surface area contributed by atoms with Gasteiger partial charge in [0.2, 0.25) is 0 Å². The van der Waals surface area contributed by atoms with Crippen LogP contribution in [-0.4, -0.2) is 49.0 Å². The molecular formula is C16H32IN3O2. The zero-order valence-electron chi connectivity index (χ0n) is 14.5. The predicted octanol–water partition coefficient (Wildman–Crippen LogP) is 2.13. The molecule has 0 spiro atoms. The van der Waals surface area contributed by atoms with Crippen LogP contribution in [0.25, 0.3) is 0 Å². The molecule has 6 heteroatoms. The first-order chi connectivity index (χ1) is 9.88. The molecular weight excluding hydrogens is 393 g/mol. The number of nitrogens with one attached hydrogen (secondary N) is 2. The zero-order valence-corrected chi connectivity index (χ0v) is 16.8. The van der Waals surface area contributed by atoms with Gasteiger partial charge in [-0.15, -0.1) is 24.0 Å². The molecule has 1 heterocycles. The highest BCUT2D eigenvalue weighted by Gasteiger charge is 2.59. The Kier molecular flexibility index (Phi) is 6.95. The molecule has 1 aliphatic carbocycles. The summed E-state index contributed by atoms with van der Waals surface area (Å²) in [5, 5.41) is 17.2. The molecule has 0 radical (unpaired) electrons. The third-order valence-corrected chi connectivity index (χ3v) is 5.52. The maximum atomic E-state index is 10.4. The minimum Gasteiger partial charge on any atom is -0.388 e. The smallest absolute Gasteiger partial charge is 0.191 e. The molecule has 2 rings (SSSR count). The van der Waals surface area contributed by atoms with E-state index in [1.54, 1.807) is 7.05 Å². The number of ether oxygens (including phenoxy) is 1. The van der Waals surface area contributed by atoms with Crippen molar-refractivity contribution in [2.24, 2.45) is 16.3 Å². The first kappa shape index (κ1) is 20.0. The molecule has 0 aromatic rings. The van der Waals surface area contributed by atoms with Crippen molar-refractivity contribution in [2.45, 2.75) is 64.7 Å². The average molecular weight is 425 g/mol. The second kappa shape index (κ2) is 7.66. The Morgan fingerprint density at radius 2 is 2.00 bits per heavy atom. The summed E-state index contributed by atoms with van der Waals surface area (Å²) in [5.74, 6) is 1.36. The van der Waals surface area contributed by atoms with Crippen molar-refractivity contribution in [3.8, 4) is 0 Å². The van der Waals surface area contributed by atoms with Crippen molar-refractivity contribution in [3.63, 3.8) is 0 Å². The number of fused-ring (bicyclic) bond motifs is 1. The lowest BCUT2D eigenvalue weighted by atomic mass is 9.57. The van der Waals surface area contributed by atoms with Crippen molar-refractivity contribution in [1.82, 2.24) is 10.6 Å². The number of nitrogens with zero attached hydrogens (tertiary/aromatic N) is 1. The van der Waals surface area contributed by atoms with Crippen molar-refractivity contribution in [2.75, 3.05) is 20.2 Å². The summed E-state index contributed by atoms with van der Waals surface area (Å²) in [6.45, 7) is 9.91. The Balaban J connectivity index is 0.00000242. The van der Waals surface area contributed by atoms with Crippen molar-refractivity contribution >= 4 is 29.9 Å². The van der Waals surface area contributed by atoms with Gasteiger partial charge in [-0.1, -0.05) is 27.7 Å². The molecule has 1 saturated heterocycles. The van der Waals surface area contributed by atoms with E-state index in [1.165, 1.54) is 0 Å². The molecule has 3 N–H and O–H groups in total. The molecule has 1 saturated carbocycles. The van der Waals surface area contributed by atoms with Gasteiger partial charge in [-0.05, 0) is 19.3 Å². The molecule has 3 atom stereocenters. The highest BCUT2D eigenvalue weighted by atomic mass is 127. The van der Waals surface area contributed by atoms with Gasteiger partial charge in [-0.3, -0.25) is 4.99 Å². The van der Waals surface area contributed by atoms with Gasteiger partial charge in [0, 0.05) is 37.6 Å². The van der Waals surface area contributed by atoms with E-state index in [-0.39, 0.29) is 29.4 Å². The predicted molar refractivity (Wildman–Crippen MR) is 101 cm³/mol. The number of halogens is 1. The summed E-state index contributed by atoms with van der Waals surface area (Å²) >= 11 is 0. The maximum Gasteiger partial charge on any atom is 0.191 e. The molecule has 0 amide bonds. The molecule has 0 bridgehead atoms. The summed E-state index contributed by atoms with van der Waals surface area (Å²) in [6, 6.07) is 0.382. The Bertz CT molecular complexity index is 397. The molecule has 22 heavy (non-hydrogen) atoms. The SMILES string of the molecule is CCC(O)(CC)CNC(=NC)NC1C2CCOC2C1(C)C.I. The van der Waals surface area contributed by atoms with Crippen LogP contribution in [0.4, 0.5) is 0 Å². The lowest BCUT2D eigenvalue weighted by molar-refractivity contribution is -0.106. The van der Waals surface area contributed by atoms with E-state index in [0.717, 1.165) is 31.8 Å². The van der Waals surface area contributed by atoms with Crippen LogP contribution < -0.4 is 10.6 Å². The van der Waals surface area contributed by atoms with E-state index in [0.29, 0.717) is 24.6 Å². The molecule has 5 nitrogen and oxygen atoms in total. The van der Waals surface area contributed by atoms with Crippen LogP contribution in [0.2, 0.25) is 0 Å². The summed E-state index contributed by atoms with van der Waals surface area (Å²) in [4.78, 5) is 4.30. The Labute approximate surface area is 151 Å². The number of aliphatic hydroxyl groups is 1. The Morgan fingerprint density at radius 3 is 2.55 bits per heavy atom. The highest BCUT2D eigenvalue weighted by Crippen LogP contribution is 2.52. The van der Waals surface area contributed by atoms with Crippen LogP contribution in [0.3, 0.4) is 0 Å². The normalized spacial score (nSPS) is 30.1. The summed E-state index contributed by atoms with van der Waals surface area (Å²) in [6.07, 6.45) is 2.97.